The largest absolute Gasteiger partial charge is 0.445 e. The quantitative estimate of drug-likeness (QED) is 0.318. The van der Waals surface area contributed by atoms with Gasteiger partial charge in [-0.2, -0.15) is 5.10 Å². The summed E-state index contributed by atoms with van der Waals surface area (Å²) in [5.74, 6) is 0.165. The van der Waals surface area contributed by atoms with Crippen molar-refractivity contribution in [3.63, 3.8) is 0 Å². The summed E-state index contributed by atoms with van der Waals surface area (Å²) in [4.78, 5) is 16.5. The van der Waals surface area contributed by atoms with E-state index in [2.05, 4.69) is 15.4 Å². The number of amides is 1. The topological polar surface area (TPSA) is 113 Å². The highest BCUT2D eigenvalue weighted by atomic mass is 35.6. The number of alkyl carbamates (subject to hydrolysis) is 1. The van der Waals surface area contributed by atoms with Gasteiger partial charge in [0.25, 0.3) is 0 Å². The molecule has 1 amide bonds. The Balaban J connectivity index is 2.04. The van der Waals surface area contributed by atoms with Crippen LogP contribution in [0.4, 0.5) is 10.5 Å². The van der Waals surface area contributed by atoms with Gasteiger partial charge in [-0.05, 0) is 19.3 Å². The first-order valence-electron chi connectivity index (χ1n) is 10.2. The number of ether oxygens (including phenoxy) is 3. The molecule has 1 aliphatic heterocycles. The fourth-order valence-corrected chi connectivity index (χ4v) is 2.70. The van der Waals surface area contributed by atoms with E-state index in [1.807, 2.05) is 20.8 Å². The number of nitrogens with one attached hydrogen (secondary N) is 1. The van der Waals surface area contributed by atoms with Crippen LogP contribution in [0.3, 0.4) is 0 Å². The third-order valence-corrected chi connectivity index (χ3v) is 4.71. The van der Waals surface area contributed by atoms with Crippen molar-refractivity contribution in [3.05, 3.63) is 24.2 Å². The van der Waals surface area contributed by atoms with Crippen molar-refractivity contribution in [3.8, 4) is 0 Å². The van der Waals surface area contributed by atoms with E-state index in [1.165, 1.54) is 0 Å². The number of aliphatic imine (C=N–C) groups is 1. The molecule has 180 valence electrons. The molecule has 1 fully saturated rings. The van der Waals surface area contributed by atoms with Crippen LogP contribution in [0.25, 0.3) is 0 Å². The average molecular weight is 511 g/mol. The highest BCUT2D eigenvalue weighted by Gasteiger charge is 2.23. The lowest BCUT2D eigenvalue weighted by Gasteiger charge is -2.22. The minimum atomic E-state index is -1.72. The zero-order valence-corrected chi connectivity index (χ0v) is 20.7. The standard InChI is InChI=1S/C20H30Cl3N5O4/c1-19(2,3)15(24)10-16(27-18(29)32-13-20(21,22)23)26-14-11-25-28(12-14)7-9-31-17-6-4-5-8-30-17/h10-12,17H,4-9,13,24H2,1-3H3,(H,26,27,29)/b15-10-. The molecular formula is C20H30Cl3N5O4. The summed E-state index contributed by atoms with van der Waals surface area (Å²) >= 11 is 16.8. The number of allylic oxidation sites excluding steroid dienone is 1. The molecule has 32 heavy (non-hydrogen) atoms. The van der Waals surface area contributed by atoms with Crippen LogP contribution < -0.4 is 11.1 Å². The molecule has 1 aliphatic rings. The second-order valence-corrected chi connectivity index (χ2v) is 10.8. The molecule has 0 bridgehead atoms. The number of nitrogens with zero attached hydrogens (tertiary/aromatic N) is 3. The summed E-state index contributed by atoms with van der Waals surface area (Å²) < 4.78 is 16.2. The summed E-state index contributed by atoms with van der Waals surface area (Å²) in [5.41, 5.74) is 6.81. The molecule has 1 unspecified atom stereocenters. The van der Waals surface area contributed by atoms with E-state index in [0.717, 1.165) is 25.9 Å². The molecule has 1 aromatic heterocycles. The lowest BCUT2D eigenvalue weighted by molar-refractivity contribution is -0.163. The monoisotopic (exact) mass is 509 g/mol. The number of rotatable bonds is 7. The Kier molecular flexibility index (Phi) is 10.1. The SMILES string of the molecule is CC(C)(C)/C(N)=C/C(=Nc1cnn(CCOC2CCCCO2)c1)NC(=O)OCC(Cl)(Cl)Cl. The molecule has 0 aliphatic carbocycles. The number of halogens is 3. The third-order valence-electron chi connectivity index (χ3n) is 4.39. The molecule has 0 aromatic carbocycles. The molecule has 2 heterocycles. The first kappa shape index (κ1) is 26.7. The fraction of sp³-hybridized carbons (Fsp3) is 0.650. The van der Waals surface area contributed by atoms with Gasteiger partial charge in [-0.15, -0.1) is 0 Å². The number of carbonyl (C=O) groups is 1. The van der Waals surface area contributed by atoms with Gasteiger partial charge >= 0.3 is 6.09 Å². The Morgan fingerprint density at radius 1 is 1.41 bits per heavy atom. The number of aromatic nitrogens is 2. The van der Waals surface area contributed by atoms with Gasteiger partial charge in [0, 0.05) is 23.8 Å². The lowest BCUT2D eigenvalue weighted by Crippen LogP contribution is -2.33. The predicted octanol–water partition coefficient (Wildman–Crippen LogP) is 4.44. The fourth-order valence-electron chi connectivity index (χ4n) is 2.54. The Bertz CT molecular complexity index is 809. The molecule has 1 aromatic rings. The van der Waals surface area contributed by atoms with Crippen molar-refractivity contribution in [1.29, 1.82) is 0 Å². The van der Waals surface area contributed by atoms with Crippen molar-refractivity contribution in [2.24, 2.45) is 16.1 Å². The molecule has 3 N–H and O–H groups in total. The Hall–Kier alpha value is -1.52. The zero-order chi connectivity index (χ0) is 23.8. The number of nitrogens with two attached hydrogens (primary N) is 1. The van der Waals surface area contributed by atoms with Gasteiger partial charge in [0.1, 0.15) is 18.1 Å². The maximum absolute atomic E-state index is 12.1. The number of hydrogen-bond donors (Lipinski definition) is 2. The minimum absolute atomic E-state index is 0.156. The smallest absolute Gasteiger partial charge is 0.412 e. The van der Waals surface area contributed by atoms with Crippen LogP contribution in [0.2, 0.25) is 0 Å². The predicted molar refractivity (Wildman–Crippen MR) is 125 cm³/mol. The van der Waals surface area contributed by atoms with Gasteiger partial charge in [-0.3, -0.25) is 10.00 Å². The molecule has 0 saturated carbocycles. The minimum Gasteiger partial charge on any atom is -0.445 e. The van der Waals surface area contributed by atoms with Crippen molar-refractivity contribution < 1.29 is 19.0 Å². The van der Waals surface area contributed by atoms with Crippen LogP contribution in [0, 0.1) is 5.41 Å². The molecule has 0 radical (unpaired) electrons. The van der Waals surface area contributed by atoms with Crippen molar-refractivity contribution >= 4 is 52.4 Å². The number of carbonyl (C=O) groups excluding carboxylic acids is 1. The normalized spacial score (nSPS) is 18.5. The molecule has 9 nitrogen and oxygen atoms in total. The number of alkyl halides is 3. The van der Waals surface area contributed by atoms with E-state index in [9.17, 15) is 4.79 Å². The Morgan fingerprint density at radius 3 is 2.78 bits per heavy atom. The van der Waals surface area contributed by atoms with Gasteiger partial charge in [0.15, 0.2) is 6.29 Å². The number of amidine groups is 1. The van der Waals surface area contributed by atoms with E-state index in [4.69, 9.17) is 54.7 Å². The summed E-state index contributed by atoms with van der Waals surface area (Å²) in [6, 6.07) is 0. The van der Waals surface area contributed by atoms with Crippen LogP contribution >= 0.6 is 34.8 Å². The van der Waals surface area contributed by atoms with Crippen LogP contribution in [0.5, 0.6) is 0 Å². The lowest BCUT2D eigenvalue weighted by atomic mass is 9.92. The Labute approximate surface area is 203 Å². The van der Waals surface area contributed by atoms with Crippen LogP contribution in [0.1, 0.15) is 40.0 Å². The van der Waals surface area contributed by atoms with Crippen molar-refractivity contribution in [1.82, 2.24) is 15.1 Å². The maximum atomic E-state index is 12.1. The van der Waals surface area contributed by atoms with Gasteiger partial charge in [-0.1, -0.05) is 55.6 Å². The average Bonchev–Trinajstić information content (AvgIpc) is 3.13. The van der Waals surface area contributed by atoms with Crippen molar-refractivity contribution in [2.75, 3.05) is 19.8 Å². The molecule has 0 spiro atoms. The highest BCUT2D eigenvalue weighted by Crippen LogP contribution is 2.26. The van der Waals surface area contributed by atoms with Gasteiger partial charge in [0.2, 0.25) is 3.79 Å². The maximum Gasteiger partial charge on any atom is 0.412 e. The first-order chi connectivity index (χ1) is 14.9. The van der Waals surface area contributed by atoms with Gasteiger partial charge < -0.3 is 19.9 Å². The summed E-state index contributed by atoms with van der Waals surface area (Å²) in [6.45, 7) is 7.11. The van der Waals surface area contributed by atoms with E-state index in [0.29, 0.717) is 24.5 Å². The van der Waals surface area contributed by atoms with E-state index in [1.54, 1.807) is 23.2 Å². The van der Waals surface area contributed by atoms with Crippen LogP contribution in [-0.2, 0) is 20.8 Å². The van der Waals surface area contributed by atoms with E-state index < -0.39 is 16.5 Å². The number of hydrogen-bond acceptors (Lipinski definition) is 7. The summed E-state index contributed by atoms with van der Waals surface area (Å²) in [6.07, 6.45) is 6.93. The highest BCUT2D eigenvalue weighted by molar-refractivity contribution is 6.67. The van der Waals surface area contributed by atoms with Crippen molar-refractivity contribution in [2.45, 2.75) is 56.7 Å². The first-order valence-corrected chi connectivity index (χ1v) is 11.4. The molecular weight excluding hydrogens is 481 g/mol. The van der Waals surface area contributed by atoms with Crippen LogP contribution in [0.15, 0.2) is 29.2 Å². The third kappa shape index (κ3) is 10.4. The van der Waals surface area contributed by atoms with E-state index in [-0.39, 0.29) is 17.5 Å². The zero-order valence-electron chi connectivity index (χ0n) is 18.4. The molecule has 1 saturated heterocycles. The van der Waals surface area contributed by atoms with Gasteiger partial charge in [-0.25, -0.2) is 9.79 Å². The second-order valence-electron chi connectivity index (χ2n) is 8.29. The Morgan fingerprint density at radius 2 is 2.16 bits per heavy atom. The molecule has 12 heteroatoms. The second kappa shape index (κ2) is 12.1. The van der Waals surface area contributed by atoms with Gasteiger partial charge in [0.05, 0.1) is 25.5 Å². The summed E-state index contributed by atoms with van der Waals surface area (Å²) in [7, 11) is 0. The molecule has 1 atom stereocenters. The summed E-state index contributed by atoms with van der Waals surface area (Å²) in [5, 5.41) is 6.78. The molecule has 2 rings (SSSR count). The van der Waals surface area contributed by atoms with Crippen LogP contribution in [-0.4, -0.2) is 51.6 Å². The van der Waals surface area contributed by atoms with E-state index >= 15 is 0 Å².